The number of nitrogens with one attached hydrogen (secondary N) is 2. The van der Waals surface area contributed by atoms with E-state index in [0.29, 0.717) is 28.7 Å². The van der Waals surface area contributed by atoms with Gasteiger partial charge in [0.25, 0.3) is 0 Å². The van der Waals surface area contributed by atoms with E-state index in [2.05, 4.69) is 20.6 Å². The van der Waals surface area contributed by atoms with Gasteiger partial charge in [0.05, 0.1) is 17.2 Å². The molecule has 0 aliphatic carbocycles. The predicted molar refractivity (Wildman–Crippen MR) is 91.2 cm³/mol. The largest absolute Gasteiger partial charge is 0.416 e. The number of nitriles is 1. The molecular formula is C18H12F3N5. The quantitative estimate of drug-likeness (QED) is 0.699. The van der Waals surface area contributed by atoms with Gasteiger partial charge in [-0.3, -0.25) is 0 Å². The van der Waals surface area contributed by atoms with E-state index in [-0.39, 0.29) is 0 Å². The van der Waals surface area contributed by atoms with Gasteiger partial charge in [-0.15, -0.1) is 0 Å². The summed E-state index contributed by atoms with van der Waals surface area (Å²) in [5.41, 5.74) is 1.000. The van der Waals surface area contributed by atoms with Crippen LogP contribution in [0.25, 0.3) is 0 Å². The number of rotatable bonds is 4. The van der Waals surface area contributed by atoms with Gasteiger partial charge in [0.2, 0.25) is 5.95 Å². The third-order valence-corrected chi connectivity index (χ3v) is 3.41. The van der Waals surface area contributed by atoms with Crippen LogP contribution in [0.2, 0.25) is 0 Å². The highest BCUT2D eigenvalue weighted by molar-refractivity contribution is 5.60. The first-order chi connectivity index (χ1) is 12.4. The Balaban J connectivity index is 1.71. The molecule has 0 aliphatic rings. The fraction of sp³-hybridized carbons (Fsp3) is 0.0556. The van der Waals surface area contributed by atoms with Crippen LogP contribution in [0.3, 0.4) is 0 Å². The van der Waals surface area contributed by atoms with Gasteiger partial charge in [0.15, 0.2) is 0 Å². The number of aromatic nitrogens is 2. The maximum atomic E-state index is 12.6. The van der Waals surface area contributed by atoms with E-state index in [1.165, 1.54) is 18.3 Å². The first kappa shape index (κ1) is 17.2. The number of alkyl halides is 3. The van der Waals surface area contributed by atoms with Crippen molar-refractivity contribution in [3.8, 4) is 6.07 Å². The van der Waals surface area contributed by atoms with Crippen molar-refractivity contribution in [3.05, 3.63) is 71.9 Å². The first-order valence-electron chi connectivity index (χ1n) is 7.48. The molecule has 0 atom stereocenters. The molecule has 0 aliphatic heterocycles. The second kappa shape index (κ2) is 7.11. The van der Waals surface area contributed by atoms with Crippen molar-refractivity contribution in [3.63, 3.8) is 0 Å². The fourth-order valence-electron chi connectivity index (χ4n) is 2.14. The van der Waals surface area contributed by atoms with Crippen LogP contribution in [-0.4, -0.2) is 9.97 Å². The molecule has 1 heterocycles. The van der Waals surface area contributed by atoms with Crippen molar-refractivity contribution in [2.45, 2.75) is 6.18 Å². The van der Waals surface area contributed by atoms with Crippen molar-refractivity contribution in [2.24, 2.45) is 0 Å². The molecule has 5 nitrogen and oxygen atoms in total. The molecule has 26 heavy (non-hydrogen) atoms. The summed E-state index contributed by atoms with van der Waals surface area (Å²) in [6.45, 7) is 0. The average molecular weight is 355 g/mol. The molecule has 0 unspecified atom stereocenters. The van der Waals surface area contributed by atoms with E-state index in [1.807, 2.05) is 6.07 Å². The van der Waals surface area contributed by atoms with Crippen molar-refractivity contribution >= 4 is 23.1 Å². The number of hydrogen-bond donors (Lipinski definition) is 2. The summed E-state index contributed by atoms with van der Waals surface area (Å²) in [5, 5.41) is 14.7. The minimum absolute atomic E-state index is 0.312. The number of halogens is 3. The smallest absolute Gasteiger partial charge is 0.340 e. The molecule has 0 saturated heterocycles. The monoisotopic (exact) mass is 355 g/mol. The lowest BCUT2D eigenvalue weighted by Gasteiger charge is -2.10. The van der Waals surface area contributed by atoms with Gasteiger partial charge in [0.1, 0.15) is 5.82 Å². The Hall–Kier alpha value is -3.60. The predicted octanol–water partition coefficient (Wildman–Crippen LogP) is 4.85. The Bertz CT molecular complexity index is 929. The van der Waals surface area contributed by atoms with Crippen LogP contribution in [-0.2, 0) is 6.18 Å². The first-order valence-corrected chi connectivity index (χ1v) is 7.48. The zero-order valence-corrected chi connectivity index (χ0v) is 13.2. The molecule has 2 N–H and O–H groups in total. The van der Waals surface area contributed by atoms with Crippen molar-refractivity contribution in [2.75, 3.05) is 10.6 Å². The lowest BCUT2D eigenvalue weighted by atomic mass is 10.2. The second-order valence-electron chi connectivity index (χ2n) is 5.28. The molecular weight excluding hydrogens is 343 g/mol. The van der Waals surface area contributed by atoms with Crippen LogP contribution < -0.4 is 10.6 Å². The third kappa shape index (κ3) is 4.27. The highest BCUT2D eigenvalue weighted by atomic mass is 19.4. The number of nitrogens with zero attached hydrogens (tertiary/aromatic N) is 3. The summed E-state index contributed by atoms with van der Waals surface area (Å²) >= 11 is 0. The lowest BCUT2D eigenvalue weighted by molar-refractivity contribution is -0.137. The minimum Gasteiger partial charge on any atom is -0.340 e. The van der Waals surface area contributed by atoms with Crippen LogP contribution in [0.15, 0.2) is 60.8 Å². The van der Waals surface area contributed by atoms with E-state index in [1.54, 1.807) is 30.3 Å². The summed E-state index contributed by atoms with van der Waals surface area (Å²) in [7, 11) is 0. The summed E-state index contributed by atoms with van der Waals surface area (Å²) in [6.07, 6.45) is -2.85. The molecule has 130 valence electrons. The molecule has 0 saturated carbocycles. The average Bonchev–Trinajstić information content (AvgIpc) is 2.62. The van der Waals surface area contributed by atoms with Crippen LogP contribution in [0.4, 0.5) is 36.3 Å². The molecule has 0 spiro atoms. The van der Waals surface area contributed by atoms with Crippen LogP contribution in [0.1, 0.15) is 11.1 Å². The molecule has 3 rings (SSSR count). The van der Waals surface area contributed by atoms with E-state index in [0.717, 1.165) is 12.1 Å². The second-order valence-corrected chi connectivity index (χ2v) is 5.28. The van der Waals surface area contributed by atoms with Gasteiger partial charge >= 0.3 is 6.18 Å². The number of hydrogen-bond acceptors (Lipinski definition) is 5. The Labute approximate surface area is 147 Å². The third-order valence-electron chi connectivity index (χ3n) is 3.41. The Morgan fingerprint density at radius 1 is 0.846 bits per heavy atom. The molecule has 0 fully saturated rings. The lowest BCUT2D eigenvalue weighted by Crippen LogP contribution is -2.04. The molecule has 1 aromatic heterocycles. The standard InChI is InChI=1S/C18H12F3N5/c19-18(20,21)13-3-7-14(8-4-13)24-16-9-10-23-17(26-16)25-15-5-1-12(11-22)2-6-15/h1-10H,(H2,23,24,25,26). The maximum absolute atomic E-state index is 12.6. The zero-order chi connectivity index (χ0) is 18.6. The molecule has 2 aromatic carbocycles. The Morgan fingerprint density at radius 3 is 2.08 bits per heavy atom. The summed E-state index contributed by atoms with van der Waals surface area (Å²) in [5.74, 6) is 0.738. The van der Waals surface area contributed by atoms with Gasteiger partial charge in [-0.25, -0.2) is 4.98 Å². The zero-order valence-electron chi connectivity index (χ0n) is 13.2. The van der Waals surface area contributed by atoms with Gasteiger partial charge in [-0.2, -0.15) is 23.4 Å². The minimum atomic E-state index is -4.37. The summed E-state index contributed by atoms with van der Waals surface area (Å²) in [4.78, 5) is 8.35. The SMILES string of the molecule is N#Cc1ccc(Nc2nccc(Nc3ccc(C(F)(F)F)cc3)n2)cc1. The molecule has 0 bridgehead atoms. The van der Waals surface area contributed by atoms with Gasteiger partial charge in [-0.05, 0) is 54.6 Å². The normalized spacial score (nSPS) is 10.8. The van der Waals surface area contributed by atoms with Crippen LogP contribution in [0.5, 0.6) is 0 Å². The summed E-state index contributed by atoms with van der Waals surface area (Å²) < 4.78 is 37.8. The number of benzene rings is 2. The van der Waals surface area contributed by atoms with E-state index in [4.69, 9.17) is 5.26 Å². The highest BCUT2D eigenvalue weighted by Crippen LogP contribution is 2.30. The highest BCUT2D eigenvalue weighted by Gasteiger charge is 2.29. The van der Waals surface area contributed by atoms with Crippen molar-refractivity contribution in [1.29, 1.82) is 5.26 Å². The number of anilines is 4. The van der Waals surface area contributed by atoms with Gasteiger partial charge < -0.3 is 10.6 Å². The molecule has 0 amide bonds. The van der Waals surface area contributed by atoms with E-state index < -0.39 is 11.7 Å². The molecule has 0 radical (unpaired) electrons. The Kier molecular flexibility index (Phi) is 4.71. The molecule has 3 aromatic rings. The maximum Gasteiger partial charge on any atom is 0.416 e. The van der Waals surface area contributed by atoms with E-state index >= 15 is 0 Å². The van der Waals surface area contributed by atoms with Crippen molar-refractivity contribution in [1.82, 2.24) is 9.97 Å². The summed E-state index contributed by atoms with van der Waals surface area (Å²) in [6, 6.07) is 15.0. The van der Waals surface area contributed by atoms with Gasteiger partial charge in [-0.1, -0.05) is 0 Å². The van der Waals surface area contributed by atoms with Crippen LogP contribution >= 0.6 is 0 Å². The molecule has 8 heteroatoms. The van der Waals surface area contributed by atoms with Crippen LogP contribution in [0, 0.1) is 11.3 Å². The van der Waals surface area contributed by atoms with Crippen molar-refractivity contribution < 1.29 is 13.2 Å². The van der Waals surface area contributed by atoms with E-state index in [9.17, 15) is 13.2 Å². The topological polar surface area (TPSA) is 73.6 Å². The van der Waals surface area contributed by atoms with Gasteiger partial charge in [0, 0.05) is 17.6 Å². The fourth-order valence-corrected chi connectivity index (χ4v) is 2.14. The Morgan fingerprint density at radius 2 is 1.46 bits per heavy atom.